The zero-order valence-corrected chi connectivity index (χ0v) is 7.18. The average Bonchev–Trinajstić information content (AvgIpc) is 2.05. The fraction of sp³-hybridized carbons (Fsp3) is 0.667. The van der Waals surface area contributed by atoms with E-state index in [2.05, 4.69) is 11.9 Å². The van der Waals surface area contributed by atoms with Gasteiger partial charge in [0.1, 0.15) is 0 Å². The maximum absolute atomic E-state index is 10.4. The third kappa shape index (κ3) is 2.66. The molecule has 0 amide bonds. The second-order valence-electron chi connectivity index (χ2n) is 3.25. The van der Waals surface area contributed by atoms with Crippen LogP contribution in [-0.2, 0) is 4.79 Å². The lowest BCUT2D eigenvalue weighted by atomic mass is 9.89. The number of piperidine rings is 1. The first-order valence-electron chi connectivity index (χ1n) is 4.30. The van der Waals surface area contributed by atoms with E-state index in [-0.39, 0.29) is 6.42 Å². The van der Waals surface area contributed by atoms with Crippen molar-refractivity contribution < 1.29 is 9.90 Å². The molecule has 0 saturated carbocycles. The molecule has 0 unspecified atom stereocenters. The van der Waals surface area contributed by atoms with E-state index in [1.54, 1.807) is 0 Å². The van der Waals surface area contributed by atoms with Crippen molar-refractivity contribution in [3.05, 3.63) is 12.2 Å². The summed E-state index contributed by atoms with van der Waals surface area (Å²) >= 11 is 0. The van der Waals surface area contributed by atoms with Gasteiger partial charge in [0.25, 0.3) is 0 Å². The van der Waals surface area contributed by atoms with Crippen molar-refractivity contribution in [2.24, 2.45) is 5.92 Å². The zero-order valence-electron chi connectivity index (χ0n) is 7.18. The Morgan fingerprint density at radius 3 is 2.58 bits per heavy atom. The van der Waals surface area contributed by atoms with Gasteiger partial charge in [-0.3, -0.25) is 4.79 Å². The molecule has 0 aromatic carbocycles. The van der Waals surface area contributed by atoms with E-state index in [1.165, 1.54) is 0 Å². The molecule has 0 aromatic heterocycles. The highest BCUT2D eigenvalue weighted by Gasteiger charge is 2.17. The quantitative estimate of drug-likeness (QED) is 0.620. The highest BCUT2D eigenvalue weighted by atomic mass is 16.4. The molecule has 0 radical (unpaired) electrons. The van der Waals surface area contributed by atoms with Gasteiger partial charge in [-0.25, -0.2) is 0 Å². The van der Waals surface area contributed by atoms with Crippen molar-refractivity contribution in [1.29, 1.82) is 0 Å². The van der Waals surface area contributed by atoms with Crippen molar-refractivity contribution in [2.45, 2.75) is 19.3 Å². The van der Waals surface area contributed by atoms with Crippen LogP contribution in [0.25, 0.3) is 0 Å². The SMILES string of the molecule is C=C(CC(=O)O)C1CCNCC1. The third-order valence-corrected chi connectivity index (χ3v) is 2.29. The maximum atomic E-state index is 10.4. The van der Waals surface area contributed by atoms with E-state index in [0.717, 1.165) is 31.5 Å². The van der Waals surface area contributed by atoms with Gasteiger partial charge in [0.2, 0.25) is 0 Å². The van der Waals surface area contributed by atoms with Crippen LogP contribution in [0.1, 0.15) is 19.3 Å². The summed E-state index contributed by atoms with van der Waals surface area (Å²) in [6.45, 7) is 5.79. The van der Waals surface area contributed by atoms with E-state index in [4.69, 9.17) is 5.11 Å². The first-order valence-corrected chi connectivity index (χ1v) is 4.30. The van der Waals surface area contributed by atoms with Crippen LogP contribution in [0, 0.1) is 5.92 Å². The van der Waals surface area contributed by atoms with Crippen LogP contribution in [0.2, 0.25) is 0 Å². The molecule has 0 aromatic rings. The molecule has 1 rings (SSSR count). The van der Waals surface area contributed by atoms with Crippen LogP contribution < -0.4 is 5.32 Å². The van der Waals surface area contributed by atoms with E-state index < -0.39 is 5.97 Å². The lowest BCUT2D eigenvalue weighted by molar-refractivity contribution is -0.136. The van der Waals surface area contributed by atoms with Crippen LogP contribution >= 0.6 is 0 Å². The summed E-state index contributed by atoms with van der Waals surface area (Å²) in [6.07, 6.45) is 2.20. The number of aliphatic carboxylic acids is 1. The van der Waals surface area contributed by atoms with Gasteiger partial charge in [0.15, 0.2) is 0 Å². The molecule has 0 bridgehead atoms. The molecule has 1 aliphatic heterocycles. The molecule has 1 saturated heterocycles. The lowest BCUT2D eigenvalue weighted by Gasteiger charge is -2.23. The van der Waals surface area contributed by atoms with Crippen molar-refractivity contribution in [1.82, 2.24) is 5.32 Å². The average molecular weight is 169 g/mol. The van der Waals surface area contributed by atoms with E-state index in [9.17, 15) is 4.79 Å². The van der Waals surface area contributed by atoms with Gasteiger partial charge in [-0.2, -0.15) is 0 Å². The van der Waals surface area contributed by atoms with Gasteiger partial charge in [0, 0.05) is 0 Å². The Balaban J connectivity index is 2.34. The van der Waals surface area contributed by atoms with Crippen molar-refractivity contribution in [3.63, 3.8) is 0 Å². The number of carboxylic acid groups (broad SMARTS) is 1. The van der Waals surface area contributed by atoms with Crippen LogP contribution in [0.3, 0.4) is 0 Å². The molecule has 0 spiro atoms. The number of rotatable bonds is 3. The Morgan fingerprint density at radius 2 is 2.08 bits per heavy atom. The first kappa shape index (κ1) is 9.26. The standard InChI is InChI=1S/C9H15NO2/c1-7(6-9(11)12)8-2-4-10-5-3-8/h8,10H,1-6H2,(H,11,12). The third-order valence-electron chi connectivity index (χ3n) is 2.29. The molecule has 1 heterocycles. The minimum absolute atomic E-state index is 0.130. The van der Waals surface area contributed by atoms with Crippen LogP contribution in [0.4, 0.5) is 0 Å². The van der Waals surface area contributed by atoms with Crippen molar-refractivity contribution in [2.75, 3.05) is 13.1 Å². The number of hydrogen-bond acceptors (Lipinski definition) is 2. The molecule has 12 heavy (non-hydrogen) atoms. The normalized spacial score (nSPS) is 19.0. The highest BCUT2D eigenvalue weighted by molar-refractivity contribution is 5.69. The van der Waals surface area contributed by atoms with Gasteiger partial charge in [0.05, 0.1) is 6.42 Å². The fourth-order valence-electron chi connectivity index (χ4n) is 1.57. The van der Waals surface area contributed by atoms with Crippen molar-refractivity contribution >= 4 is 5.97 Å². The number of carboxylic acids is 1. The molecule has 0 atom stereocenters. The van der Waals surface area contributed by atoms with Crippen LogP contribution in [-0.4, -0.2) is 24.2 Å². The summed E-state index contributed by atoms with van der Waals surface area (Å²) in [4.78, 5) is 10.4. The summed E-state index contributed by atoms with van der Waals surface area (Å²) in [6, 6.07) is 0. The summed E-state index contributed by atoms with van der Waals surface area (Å²) in [5.74, 6) is -0.346. The number of carbonyl (C=O) groups is 1. The van der Waals surface area contributed by atoms with E-state index in [1.807, 2.05) is 0 Å². The Kier molecular flexibility index (Phi) is 3.29. The lowest BCUT2D eigenvalue weighted by Crippen LogP contribution is -2.28. The maximum Gasteiger partial charge on any atom is 0.307 e. The van der Waals surface area contributed by atoms with Gasteiger partial charge >= 0.3 is 5.97 Å². The minimum atomic E-state index is -0.765. The van der Waals surface area contributed by atoms with Gasteiger partial charge < -0.3 is 10.4 Å². The monoisotopic (exact) mass is 169 g/mol. The molecular formula is C9H15NO2. The predicted octanol–water partition coefficient (Wildman–Crippen LogP) is 1.02. The summed E-state index contributed by atoms with van der Waals surface area (Å²) in [7, 11) is 0. The molecule has 1 aliphatic rings. The van der Waals surface area contributed by atoms with Gasteiger partial charge in [-0.1, -0.05) is 12.2 Å². The Morgan fingerprint density at radius 1 is 1.50 bits per heavy atom. The molecule has 0 aliphatic carbocycles. The minimum Gasteiger partial charge on any atom is -0.481 e. The highest BCUT2D eigenvalue weighted by Crippen LogP contribution is 2.21. The van der Waals surface area contributed by atoms with Crippen molar-refractivity contribution in [3.8, 4) is 0 Å². The summed E-state index contributed by atoms with van der Waals surface area (Å²) < 4.78 is 0. The van der Waals surface area contributed by atoms with E-state index in [0.29, 0.717) is 5.92 Å². The smallest absolute Gasteiger partial charge is 0.307 e. The number of hydrogen-bond donors (Lipinski definition) is 2. The second-order valence-corrected chi connectivity index (χ2v) is 3.25. The van der Waals surface area contributed by atoms with Crippen LogP contribution in [0.15, 0.2) is 12.2 Å². The molecule has 3 nitrogen and oxygen atoms in total. The predicted molar refractivity (Wildman–Crippen MR) is 47.0 cm³/mol. The Bertz CT molecular complexity index is 183. The molecule has 68 valence electrons. The van der Waals surface area contributed by atoms with E-state index >= 15 is 0 Å². The van der Waals surface area contributed by atoms with Crippen LogP contribution in [0.5, 0.6) is 0 Å². The summed E-state index contributed by atoms with van der Waals surface area (Å²) in [5.41, 5.74) is 0.879. The second kappa shape index (κ2) is 4.26. The molecule has 3 heteroatoms. The molecule has 1 fully saturated rings. The zero-order chi connectivity index (χ0) is 8.97. The topological polar surface area (TPSA) is 49.3 Å². The largest absolute Gasteiger partial charge is 0.481 e. The van der Waals surface area contributed by atoms with Gasteiger partial charge in [-0.15, -0.1) is 0 Å². The molecular weight excluding hydrogens is 154 g/mol. The number of nitrogens with one attached hydrogen (secondary N) is 1. The summed E-state index contributed by atoms with van der Waals surface area (Å²) in [5, 5.41) is 11.8. The Hall–Kier alpha value is -0.830. The molecule has 2 N–H and O–H groups in total. The Labute approximate surface area is 72.5 Å². The first-order chi connectivity index (χ1) is 5.70. The fourth-order valence-corrected chi connectivity index (χ4v) is 1.57. The van der Waals surface area contributed by atoms with Gasteiger partial charge in [-0.05, 0) is 31.8 Å².